The van der Waals surface area contributed by atoms with Crippen LogP contribution in [0.5, 0.6) is 0 Å². The fourth-order valence-electron chi connectivity index (χ4n) is 0.907. The summed E-state index contributed by atoms with van der Waals surface area (Å²) in [6.07, 6.45) is 0. The van der Waals surface area contributed by atoms with Gasteiger partial charge >= 0.3 is 0 Å². The number of amides is 2. The second kappa shape index (κ2) is 5.17. The molecule has 1 aromatic rings. The van der Waals surface area contributed by atoms with E-state index in [2.05, 4.69) is 4.84 Å². The molecule has 5 nitrogen and oxygen atoms in total. The Kier molecular flexibility index (Phi) is 3.90. The Morgan fingerprint density at radius 3 is 2.69 bits per heavy atom. The Balaban J connectivity index is 2.66. The number of halogens is 2. The van der Waals surface area contributed by atoms with Crippen molar-refractivity contribution in [2.75, 3.05) is 6.61 Å². The Labute approximate surface area is 89.1 Å². The van der Waals surface area contributed by atoms with Gasteiger partial charge in [0, 0.05) is 0 Å². The van der Waals surface area contributed by atoms with Crippen molar-refractivity contribution in [3.8, 4) is 0 Å². The molecule has 0 bridgehead atoms. The maximum atomic E-state index is 13.1. The first-order valence-corrected chi connectivity index (χ1v) is 4.17. The maximum Gasteiger partial charge on any atom is 0.277 e. The molecule has 0 saturated carbocycles. The van der Waals surface area contributed by atoms with Gasteiger partial charge in [0.15, 0.2) is 18.2 Å². The largest absolute Gasteiger partial charge is 0.368 e. The number of hydroxylamine groups is 1. The number of rotatable bonds is 4. The van der Waals surface area contributed by atoms with Crippen LogP contribution in [0.2, 0.25) is 0 Å². The Morgan fingerprint density at radius 2 is 2.06 bits per heavy atom. The van der Waals surface area contributed by atoms with Crippen LogP contribution in [-0.4, -0.2) is 18.4 Å². The zero-order valence-electron chi connectivity index (χ0n) is 8.00. The van der Waals surface area contributed by atoms with E-state index < -0.39 is 35.6 Å². The van der Waals surface area contributed by atoms with Gasteiger partial charge in [-0.3, -0.25) is 14.4 Å². The summed E-state index contributed by atoms with van der Waals surface area (Å²) in [5.74, 6) is -4.25. The van der Waals surface area contributed by atoms with Crippen molar-refractivity contribution in [2.24, 2.45) is 5.73 Å². The standard InChI is InChI=1S/C9H8F2N2O3/c10-6-3-1-2-5(8(6)11)9(15)13-16-4-7(12)14/h1-3H,4H2,(H2,12,14)(H,13,15). The number of nitrogens with two attached hydrogens (primary N) is 1. The molecule has 16 heavy (non-hydrogen) atoms. The van der Waals surface area contributed by atoms with Gasteiger partial charge in [0.2, 0.25) is 5.91 Å². The van der Waals surface area contributed by atoms with Gasteiger partial charge in [-0.05, 0) is 12.1 Å². The molecule has 0 aromatic heterocycles. The van der Waals surface area contributed by atoms with Crippen LogP contribution in [0.4, 0.5) is 8.78 Å². The predicted molar refractivity (Wildman–Crippen MR) is 49.0 cm³/mol. The van der Waals surface area contributed by atoms with E-state index in [0.29, 0.717) is 0 Å². The zero-order chi connectivity index (χ0) is 12.1. The van der Waals surface area contributed by atoms with Crippen LogP contribution in [0, 0.1) is 11.6 Å². The van der Waals surface area contributed by atoms with Gasteiger partial charge in [-0.15, -0.1) is 0 Å². The average molecular weight is 230 g/mol. The molecule has 0 aliphatic rings. The molecule has 0 heterocycles. The van der Waals surface area contributed by atoms with Gasteiger partial charge in [-0.1, -0.05) is 6.07 Å². The number of benzene rings is 1. The zero-order valence-corrected chi connectivity index (χ0v) is 8.00. The molecule has 0 fully saturated rings. The molecule has 0 radical (unpaired) electrons. The molecule has 0 atom stereocenters. The van der Waals surface area contributed by atoms with Gasteiger partial charge < -0.3 is 5.73 Å². The molecule has 0 unspecified atom stereocenters. The van der Waals surface area contributed by atoms with Gasteiger partial charge in [0.25, 0.3) is 5.91 Å². The highest BCUT2D eigenvalue weighted by Crippen LogP contribution is 2.10. The first-order valence-electron chi connectivity index (χ1n) is 4.17. The summed E-state index contributed by atoms with van der Waals surface area (Å²) in [6, 6.07) is 3.11. The van der Waals surface area contributed by atoms with Crippen LogP contribution in [-0.2, 0) is 9.63 Å². The minimum Gasteiger partial charge on any atom is -0.368 e. The lowest BCUT2D eigenvalue weighted by Crippen LogP contribution is -2.30. The number of hydrogen-bond donors (Lipinski definition) is 2. The molecular weight excluding hydrogens is 222 g/mol. The number of primary amides is 1. The summed E-state index contributed by atoms with van der Waals surface area (Å²) in [7, 11) is 0. The molecule has 86 valence electrons. The van der Waals surface area contributed by atoms with E-state index in [9.17, 15) is 18.4 Å². The second-order valence-corrected chi connectivity index (χ2v) is 2.79. The van der Waals surface area contributed by atoms with Crippen molar-refractivity contribution >= 4 is 11.8 Å². The van der Waals surface area contributed by atoms with Crippen molar-refractivity contribution in [1.29, 1.82) is 0 Å². The van der Waals surface area contributed by atoms with E-state index in [4.69, 9.17) is 5.73 Å². The molecule has 2 amide bonds. The average Bonchev–Trinajstić information content (AvgIpc) is 2.21. The molecule has 1 rings (SSSR count). The monoisotopic (exact) mass is 230 g/mol. The van der Waals surface area contributed by atoms with Crippen LogP contribution in [0.3, 0.4) is 0 Å². The van der Waals surface area contributed by atoms with E-state index in [1.54, 1.807) is 5.48 Å². The molecular formula is C9H8F2N2O3. The molecule has 0 aliphatic heterocycles. The molecule has 0 aliphatic carbocycles. The summed E-state index contributed by atoms with van der Waals surface area (Å²) in [4.78, 5) is 25.8. The van der Waals surface area contributed by atoms with E-state index in [0.717, 1.165) is 12.1 Å². The Bertz CT molecular complexity index is 423. The minimum absolute atomic E-state index is 0.524. The van der Waals surface area contributed by atoms with Crippen LogP contribution < -0.4 is 11.2 Å². The molecule has 0 saturated heterocycles. The van der Waals surface area contributed by atoms with Crippen LogP contribution in [0.15, 0.2) is 18.2 Å². The highest BCUT2D eigenvalue weighted by atomic mass is 19.2. The van der Waals surface area contributed by atoms with Gasteiger partial charge in [0.05, 0.1) is 5.56 Å². The smallest absolute Gasteiger partial charge is 0.277 e. The number of carbonyl (C=O) groups excluding carboxylic acids is 2. The molecule has 0 spiro atoms. The van der Waals surface area contributed by atoms with Gasteiger partial charge in [0.1, 0.15) is 0 Å². The summed E-state index contributed by atoms with van der Waals surface area (Å²) in [6.45, 7) is -0.553. The van der Waals surface area contributed by atoms with Crippen molar-refractivity contribution in [2.45, 2.75) is 0 Å². The van der Waals surface area contributed by atoms with E-state index in [1.807, 2.05) is 0 Å². The second-order valence-electron chi connectivity index (χ2n) is 2.79. The van der Waals surface area contributed by atoms with Crippen LogP contribution >= 0.6 is 0 Å². The number of nitrogens with one attached hydrogen (secondary N) is 1. The predicted octanol–water partition coefficient (Wildman–Crippen LogP) is 0.112. The van der Waals surface area contributed by atoms with E-state index in [1.165, 1.54) is 6.07 Å². The maximum absolute atomic E-state index is 13.1. The SMILES string of the molecule is NC(=O)CONC(=O)c1cccc(F)c1F. The lowest BCUT2D eigenvalue weighted by atomic mass is 10.2. The normalized spacial score (nSPS) is 9.88. The minimum atomic E-state index is -1.29. The first-order chi connectivity index (χ1) is 7.52. The fourth-order valence-corrected chi connectivity index (χ4v) is 0.907. The summed E-state index contributed by atoms with van der Waals surface area (Å²) in [5.41, 5.74) is 5.95. The van der Waals surface area contributed by atoms with Crippen molar-refractivity contribution in [3.05, 3.63) is 35.4 Å². The van der Waals surface area contributed by atoms with Crippen molar-refractivity contribution < 1.29 is 23.2 Å². The highest BCUT2D eigenvalue weighted by Gasteiger charge is 2.14. The van der Waals surface area contributed by atoms with Crippen molar-refractivity contribution in [1.82, 2.24) is 5.48 Å². The quantitative estimate of drug-likeness (QED) is 0.720. The third-order valence-corrected chi connectivity index (χ3v) is 1.58. The third-order valence-electron chi connectivity index (χ3n) is 1.58. The topological polar surface area (TPSA) is 81.4 Å². The van der Waals surface area contributed by atoms with Crippen molar-refractivity contribution in [3.63, 3.8) is 0 Å². The summed E-state index contributed by atoms with van der Waals surface area (Å²) in [5, 5.41) is 0. The third kappa shape index (κ3) is 2.99. The van der Waals surface area contributed by atoms with Gasteiger partial charge in [-0.2, -0.15) is 0 Å². The number of carbonyl (C=O) groups is 2. The fraction of sp³-hybridized carbons (Fsp3) is 0.111. The number of hydrogen-bond acceptors (Lipinski definition) is 3. The van der Waals surface area contributed by atoms with Crippen LogP contribution in [0.25, 0.3) is 0 Å². The first kappa shape index (κ1) is 12.1. The van der Waals surface area contributed by atoms with E-state index in [-0.39, 0.29) is 0 Å². The lowest BCUT2D eigenvalue weighted by molar-refractivity contribution is -0.124. The van der Waals surface area contributed by atoms with E-state index >= 15 is 0 Å². The highest BCUT2D eigenvalue weighted by molar-refractivity contribution is 5.93. The lowest BCUT2D eigenvalue weighted by Gasteiger charge is -2.05. The summed E-state index contributed by atoms with van der Waals surface area (Å²) >= 11 is 0. The Hall–Kier alpha value is -2.02. The molecule has 7 heteroatoms. The Morgan fingerprint density at radius 1 is 1.38 bits per heavy atom. The molecule has 1 aromatic carbocycles. The van der Waals surface area contributed by atoms with Gasteiger partial charge in [-0.25, -0.2) is 14.3 Å². The summed E-state index contributed by atoms with van der Waals surface area (Å²) < 4.78 is 25.8. The van der Waals surface area contributed by atoms with Crippen LogP contribution in [0.1, 0.15) is 10.4 Å². The molecule has 3 N–H and O–H groups in total.